The van der Waals surface area contributed by atoms with Crippen molar-refractivity contribution in [2.24, 2.45) is 5.73 Å². The van der Waals surface area contributed by atoms with Crippen molar-refractivity contribution in [1.29, 1.82) is 0 Å². The Kier molecular flexibility index (Phi) is 4.82. The summed E-state index contributed by atoms with van der Waals surface area (Å²) in [6, 6.07) is 6.43. The molecule has 1 atom stereocenters. The summed E-state index contributed by atoms with van der Waals surface area (Å²) in [7, 11) is 0. The lowest BCUT2D eigenvalue weighted by Crippen LogP contribution is -2.40. The van der Waals surface area contributed by atoms with Gasteiger partial charge in [-0.1, -0.05) is 24.3 Å². The van der Waals surface area contributed by atoms with Gasteiger partial charge in [-0.25, -0.2) is 4.79 Å². The maximum Gasteiger partial charge on any atom is 0.322 e. The highest BCUT2D eigenvalue weighted by atomic mass is 16.3. The van der Waals surface area contributed by atoms with Gasteiger partial charge in [0.1, 0.15) is 5.54 Å². The standard InChI is InChI=1S/C11H12N2O3.C2H5NO/c1-11(9(15)12-10(16)13-11)8-4-2-3-7(5-8)6-14;1-2(3)4/h2-5,14H,6H2,1H3,(H2,12,13,15,16);1H3,(H2,3,4). The topological polar surface area (TPSA) is 122 Å². The first kappa shape index (κ1) is 15.6. The van der Waals surface area contributed by atoms with E-state index in [2.05, 4.69) is 16.4 Å². The van der Waals surface area contributed by atoms with Crippen LogP contribution in [0.4, 0.5) is 4.79 Å². The van der Waals surface area contributed by atoms with Gasteiger partial charge in [0.25, 0.3) is 5.91 Å². The van der Waals surface area contributed by atoms with Crippen LogP contribution in [-0.2, 0) is 21.7 Å². The molecule has 7 heteroatoms. The van der Waals surface area contributed by atoms with E-state index < -0.39 is 11.6 Å². The molecule has 0 saturated carbocycles. The predicted molar refractivity (Wildman–Crippen MR) is 71.3 cm³/mol. The van der Waals surface area contributed by atoms with Gasteiger partial charge >= 0.3 is 6.03 Å². The second-order valence-corrected chi connectivity index (χ2v) is 4.50. The van der Waals surface area contributed by atoms with Gasteiger partial charge in [0, 0.05) is 6.92 Å². The van der Waals surface area contributed by atoms with Crippen LogP contribution >= 0.6 is 0 Å². The average molecular weight is 279 g/mol. The van der Waals surface area contributed by atoms with Crippen LogP contribution < -0.4 is 16.4 Å². The number of carbonyl (C=O) groups is 3. The quantitative estimate of drug-likeness (QED) is 0.556. The maximum absolute atomic E-state index is 11.6. The summed E-state index contributed by atoms with van der Waals surface area (Å²) in [5.74, 6) is -0.715. The molecule has 4 amide bonds. The SMILES string of the molecule is CC(N)=O.CC1(c2cccc(CO)c2)NC(=O)NC1=O. The third kappa shape index (κ3) is 3.55. The van der Waals surface area contributed by atoms with E-state index in [0.717, 1.165) is 0 Å². The molecule has 1 saturated heterocycles. The molecule has 0 aliphatic carbocycles. The van der Waals surface area contributed by atoms with Crippen molar-refractivity contribution in [3.63, 3.8) is 0 Å². The van der Waals surface area contributed by atoms with E-state index in [1.807, 2.05) is 0 Å². The number of primary amides is 1. The lowest BCUT2D eigenvalue weighted by Gasteiger charge is -2.21. The maximum atomic E-state index is 11.6. The zero-order chi connectivity index (χ0) is 15.3. The highest BCUT2D eigenvalue weighted by Crippen LogP contribution is 2.24. The minimum Gasteiger partial charge on any atom is -0.392 e. The second kappa shape index (κ2) is 6.16. The van der Waals surface area contributed by atoms with Gasteiger partial charge < -0.3 is 16.2 Å². The molecule has 1 aliphatic rings. The van der Waals surface area contributed by atoms with Crippen molar-refractivity contribution >= 4 is 17.8 Å². The van der Waals surface area contributed by atoms with Gasteiger partial charge in [0.05, 0.1) is 6.61 Å². The lowest BCUT2D eigenvalue weighted by molar-refractivity contribution is -0.123. The Bertz CT molecular complexity index is 540. The Morgan fingerprint density at radius 1 is 1.40 bits per heavy atom. The molecule has 1 aliphatic heterocycles. The number of benzene rings is 1. The minimum atomic E-state index is -1.05. The van der Waals surface area contributed by atoms with E-state index in [1.54, 1.807) is 31.2 Å². The Morgan fingerprint density at radius 3 is 2.45 bits per heavy atom. The van der Waals surface area contributed by atoms with Crippen molar-refractivity contribution < 1.29 is 19.5 Å². The average Bonchev–Trinajstić information content (AvgIpc) is 2.63. The number of nitrogens with one attached hydrogen (secondary N) is 2. The van der Waals surface area contributed by atoms with Crippen molar-refractivity contribution in [3.8, 4) is 0 Å². The number of urea groups is 1. The van der Waals surface area contributed by atoms with Crippen LogP contribution in [0.3, 0.4) is 0 Å². The third-order valence-electron chi connectivity index (χ3n) is 2.73. The van der Waals surface area contributed by atoms with Crippen molar-refractivity contribution in [2.45, 2.75) is 26.0 Å². The summed E-state index contributed by atoms with van der Waals surface area (Å²) in [4.78, 5) is 32.0. The normalized spacial score (nSPS) is 20.6. The predicted octanol–water partition coefficient (Wildman–Crippen LogP) is -0.275. The number of rotatable bonds is 2. The van der Waals surface area contributed by atoms with Gasteiger partial charge in [-0.2, -0.15) is 0 Å². The molecule has 0 bridgehead atoms. The van der Waals surface area contributed by atoms with Gasteiger partial charge in [0.15, 0.2) is 0 Å². The first-order chi connectivity index (χ1) is 9.29. The van der Waals surface area contributed by atoms with E-state index in [4.69, 9.17) is 5.11 Å². The molecule has 0 spiro atoms. The zero-order valence-electron chi connectivity index (χ0n) is 11.3. The molecule has 7 nitrogen and oxygen atoms in total. The van der Waals surface area contributed by atoms with Crippen LogP contribution in [-0.4, -0.2) is 23.0 Å². The molecule has 1 aromatic rings. The smallest absolute Gasteiger partial charge is 0.322 e. The van der Waals surface area contributed by atoms with Crippen molar-refractivity contribution in [3.05, 3.63) is 35.4 Å². The molecule has 0 aromatic heterocycles. The Morgan fingerprint density at radius 2 is 2.00 bits per heavy atom. The molecule has 5 N–H and O–H groups in total. The molecule has 1 aromatic carbocycles. The van der Waals surface area contributed by atoms with E-state index >= 15 is 0 Å². The summed E-state index contributed by atoms with van der Waals surface area (Å²) in [5.41, 5.74) is 4.78. The number of aliphatic hydroxyl groups is 1. The Labute approximate surface area is 116 Å². The van der Waals surface area contributed by atoms with E-state index in [9.17, 15) is 14.4 Å². The van der Waals surface area contributed by atoms with Crippen LogP contribution in [0.15, 0.2) is 24.3 Å². The number of amides is 4. The number of hydrogen-bond acceptors (Lipinski definition) is 4. The first-order valence-corrected chi connectivity index (χ1v) is 5.89. The summed E-state index contributed by atoms with van der Waals surface area (Å²) in [6.45, 7) is 2.84. The highest BCUT2D eigenvalue weighted by Gasteiger charge is 2.43. The number of carbonyl (C=O) groups excluding carboxylic acids is 3. The molecular formula is C13H17N3O4. The van der Waals surface area contributed by atoms with Crippen LogP contribution in [0.5, 0.6) is 0 Å². The molecule has 1 unspecified atom stereocenters. The third-order valence-corrected chi connectivity index (χ3v) is 2.73. The molecule has 108 valence electrons. The minimum absolute atomic E-state index is 0.0977. The van der Waals surface area contributed by atoms with Crippen molar-refractivity contribution in [2.75, 3.05) is 0 Å². The van der Waals surface area contributed by atoms with E-state index in [1.165, 1.54) is 6.92 Å². The summed E-state index contributed by atoms with van der Waals surface area (Å²) in [5, 5.41) is 13.8. The second-order valence-electron chi connectivity index (χ2n) is 4.50. The summed E-state index contributed by atoms with van der Waals surface area (Å²) in [6.07, 6.45) is 0. The first-order valence-electron chi connectivity index (χ1n) is 5.89. The molecule has 0 radical (unpaired) electrons. The van der Waals surface area contributed by atoms with Crippen LogP contribution in [0.25, 0.3) is 0 Å². The molecule has 1 heterocycles. The monoisotopic (exact) mass is 279 g/mol. The Hall–Kier alpha value is -2.41. The van der Waals surface area contributed by atoms with Crippen molar-refractivity contribution in [1.82, 2.24) is 10.6 Å². The highest BCUT2D eigenvalue weighted by molar-refractivity contribution is 6.07. The van der Waals surface area contributed by atoms with Crippen LogP contribution in [0, 0.1) is 0 Å². The molecule has 20 heavy (non-hydrogen) atoms. The largest absolute Gasteiger partial charge is 0.392 e. The van der Waals surface area contributed by atoms with Gasteiger partial charge in [-0.15, -0.1) is 0 Å². The molecule has 2 rings (SSSR count). The molecular weight excluding hydrogens is 262 g/mol. The van der Waals surface area contributed by atoms with Gasteiger partial charge in [-0.05, 0) is 18.1 Å². The Balaban J connectivity index is 0.000000444. The number of hydrogen-bond donors (Lipinski definition) is 4. The summed E-state index contributed by atoms with van der Waals surface area (Å²) >= 11 is 0. The van der Waals surface area contributed by atoms with Gasteiger partial charge in [0.2, 0.25) is 5.91 Å². The van der Waals surface area contributed by atoms with E-state index in [0.29, 0.717) is 11.1 Å². The fourth-order valence-corrected chi connectivity index (χ4v) is 1.73. The van der Waals surface area contributed by atoms with Crippen LogP contribution in [0.1, 0.15) is 25.0 Å². The van der Waals surface area contributed by atoms with E-state index in [-0.39, 0.29) is 18.4 Å². The zero-order valence-corrected chi connectivity index (χ0v) is 11.3. The number of imide groups is 1. The number of aliphatic hydroxyl groups excluding tert-OH is 1. The fourth-order valence-electron chi connectivity index (χ4n) is 1.73. The fraction of sp³-hybridized carbons (Fsp3) is 0.308. The molecule has 1 fully saturated rings. The van der Waals surface area contributed by atoms with Gasteiger partial charge in [-0.3, -0.25) is 14.9 Å². The summed E-state index contributed by atoms with van der Waals surface area (Å²) < 4.78 is 0. The van der Waals surface area contributed by atoms with Crippen LogP contribution in [0.2, 0.25) is 0 Å². The number of nitrogens with two attached hydrogens (primary N) is 1. The lowest BCUT2D eigenvalue weighted by atomic mass is 9.91.